The Kier molecular flexibility index (Phi) is 8.75. The Morgan fingerprint density at radius 2 is 0.923 bits per heavy atom. The van der Waals surface area contributed by atoms with Gasteiger partial charge in [0, 0.05) is 53.6 Å². The van der Waals surface area contributed by atoms with Crippen molar-refractivity contribution in [2.45, 2.75) is 0 Å². The van der Waals surface area contributed by atoms with Crippen LogP contribution in [-0.2, 0) is 0 Å². The van der Waals surface area contributed by atoms with Crippen molar-refractivity contribution in [1.82, 2.24) is 4.57 Å². The molecule has 13 aromatic rings. The van der Waals surface area contributed by atoms with Gasteiger partial charge in [0.2, 0.25) is 0 Å². The highest BCUT2D eigenvalue weighted by Gasteiger charge is 2.22. The van der Waals surface area contributed by atoms with E-state index in [1.165, 1.54) is 85.8 Å². The number of aromatic nitrogens is 1. The molecule has 0 spiro atoms. The zero-order valence-electron chi connectivity index (χ0n) is 35.4. The molecule has 0 saturated heterocycles. The summed E-state index contributed by atoms with van der Waals surface area (Å²) >= 11 is 1.88. The molecule has 0 aliphatic heterocycles. The van der Waals surface area contributed by atoms with Crippen LogP contribution in [0.2, 0.25) is 0 Å². The number of hydrogen-bond donors (Lipinski definition) is 0. The number of fused-ring (bicyclic) bond motifs is 9. The predicted molar refractivity (Wildman–Crippen MR) is 280 cm³/mol. The molecule has 0 bridgehead atoms. The van der Waals surface area contributed by atoms with Gasteiger partial charge in [-0.05, 0) is 110 Å². The molecule has 0 saturated carbocycles. The van der Waals surface area contributed by atoms with Crippen LogP contribution in [0.25, 0.3) is 103 Å². The van der Waals surface area contributed by atoms with Crippen LogP contribution in [0.15, 0.2) is 243 Å². The Morgan fingerprint density at radius 3 is 1.71 bits per heavy atom. The van der Waals surface area contributed by atoms with E-state index in [2.05, 4.69) is 252 Å². The average molecular weight is 845 g/mol. The molecular weight excluding hydrogens is 805 g/mol. The molecule has 304 valence electrons. The second-order valence-electron chi connectivity index (χ2n) is 16.8. The van der Waals surface area contributed by atoms with Crippen LogP contribution in [0.4, 0.5) is 17.1 Å². The third kappa shape index (κ3) is 6.16. The molecule has 2 aromatic heterocycles. The maximum absolute atomic E-state index is 2.47. The lowest BCUT2D eigenvalue weighted by Crippen LogP contribution is -2.12. The fourth-order valence-electron chi connectivity index (χ4n) is 10.2. The van der Waals surface area contributed by atoms with Crippen LogP contribution >= 0.6 is 11.3 Å². The molecular formula is C62H40N2S. The van der Waals surface area contributed by atoms with Crippen molar-refractivity contribution in [3.05, 3.63) is 243 Å². The quantitative estimate of drug-likeness (QED) is 0.145. The molecule has 3 heteroatoms. The first-order valence-corrected chi connectivity index (χ1v) is 23.1. The lowest BCUT2D eigenvalue weighted by Gasteiger charge is -2.29. The van der Waals surface area contributed by atoms with Crippen LogP contribution in [0.1, 0.15) is 0 Å². The zero-order chi connectivity index (χ0) is 42.8. The van der Waals surface area contributed by atoms with Gasteiger partial charge in [0.05, 0.1) is 16.7 Å². The molecule has 0 N–H and O–H groups in total. The number of nitrogens with zero attached hydrogens (tertiary/aromatic N) is 2. The molecule has 13 rings (SSSR count). The van der Waals surface area contributed by atoms with Crippen molar-refractivity contribution in [3.63, 3.8) is 0 Å². The summed E-state index contributed by atoms with van der Waals surface area (Å²) in [6.07, 6.45) is 0. The van der Waals surface area contributed by atoms with Gasteiger partial charge in [0.25, 0.3) is 0 Å². The normalized spacial score (nSPS) is 11.7. The molecule has 0 atom stereocenters. The molecule has 0 amide bonds. The Labute approximate surface area is 381 Å². The van der Waals surface area contributed by atoms with E-state index < -0.39 is 0 Å². The van der Waals surface area contributed by atoms with Crippen LogP contribution in [0.5, 0.6) is 0 Å². The summed E-state index contributed by atoms with van der Waals surface area (Å²) in [4.78, 5) is 2.47. The Bertz CT molecular complexity index is 3900. The van der Waals surface area contributed by atoms with E-state index in [9.17, 15) is 0 Å². The fourth-order valence-corrected chi connectivity index (χ4v) is 11.4. The first kappa shape index (κ1) is 37.3. The smallest absolute Gasteiger partial charge is 0.0546 e. The van der Waals surface area contributed by atoms with Gasteiger partial charge in [-0.2, -0.15) is 0 Å². The lowest BCUT2D eigenvalue weighted by atomic mass is 9.91. The molecule has 0 fully saturated rings. The zero-order valence-corrected chi connectivity index (χ0v) is 36.2. The maximum atomic E-state index is 2.47. The number of anilines is 3. The molecule has 11 aromatic carbocycles. The third-order valence-electron chi connectivity index (χ3n) is 13.2. The minimum absolute atomic E-state index is 1.07. The van der Waals surface area contributed by atoms with Gasteiger partial charge in [-0.25, -0.2) is 0 Å². The minimum atomic E-state index is 1.07. The number of benzene rings is 11. The van der Waals surface area contributed by atoms with E-state index in [-0.39, 0.29) is 0 Å². The van der Waals surface area contributed by atoms with Crippen molar-refractivity contribution in [2.75, 3.05) is 4.90 Å². The van der Waals surface area contributed by atoms with E-state index in [1.54, 1.807) is 0 Å². The predicted octanol–water partition coefficient (Wildman–Crippen LogP) is 17.9. The lowest BCUT2D eigenvalue weighted by molar-refractivity contribution is 1.17. The molecule has 2 nitrogen and oxygen atoms in total. The highest BCUT2D eigenvalue weighted by molar-refractivity contribution is 7.26. The SMILES string of the molecule is c1ccc(-c2ccc(-c3cc4ccccc4c4ccccc34)cc2N(c2ccc(-c3cccc4c3sc3ccccc34)cc2)c2cccc(-n3c4ccccc4c4ccccc43)c2)cc1. The topological polar surface area (TPSA) is 8.17 Å². The van der Waals surface area contributed by atoms with Gasteiger partial charge >= 0.3 is 0 Å². The second kappa shape index (κ2) is 15.2. The van der Waals surface area contributed by atoms with E-state index in [0.29, 0.717) is 0 Å². The Morgan fingerprint density at radius 1 is 0.323 bits per heavy atom. The van der Waals surface area contributed by atoms with E-state index in [4.69, 9.17) is 0 Å². The van der Waals surface area contributed by atoms with Crippen LogP contribution in [-0.4, -0.2) is 4.57 Å². The first-order valence-electron chi connectivity index (χ1n) is 22.2. The molecule has 0 unspecified atom stereocenters. The summed E-state index contributed by atoms with van der Waals surface area (Å²) in [5.41, 5.74) is 13.9. The monoisotopic (exact) mass is 844 g/mol. The van der Waals surface area contributed by atoms with Crippen molar-refractivity contribution < 1.29 is 0 Å². The minimum Gasteiger partial charge on any atom is -0.310 e. The van der Waals surface area contributed by atoms with E-state index >= 15 is 0 Å². The maximum Gasteiger partial charge on any atom is 0.0546 e. The molecule has 0 aliphatic carbocycles. The van der Waals surface area contributed by atoms with Crippen molar-refractivity contribution in [3.8, 4) is 39.1 Å². The highest BCUT2D eigenvalue weighted by Crippen LogP contribution is 2.47. The molecule has 65 heavy (non-hydrogen) atoms. The van der Waals surface area contributed by atoms with Gasteiger partial charge in [-0.3, -0.25) is 0 Å². The summed E-state index contributed by atoms with van der Waals surface area (Å²) < 4.78 is 5.05. The van der Waals surface area contributed by atoms with Gasteiger partial charge in [0.1, 0.15) is 0 Å². The number of rotatable bonds is 7. The van der Waals surface area contributed by atoms with E-state index in [0.717, 1.165) is 33.9 Å². The molecule has 0 radical (unpaired) electrons. The largest absolute Gasteiger partial charge is 0.310 e. The number of hydrogen-bond acceptors (Lipinski definition) is 2. The Hall–Kier alpha value is -8.24. The second-order valence-corrected chi connectivity index (χ2v) is 17.9. The average Bonchev–Trinajstić information content (AvgIpc) is 3.93. The Balaban J connectivity index is 1.05. The fraction of sp³-hybridized carbons (Fsp3) is 0. The first-order chi connectivity index (χ1) is 32.2. The molecule has 2 heterocycles. The third-order valence-corrected chi connectivity index (χ3v) is 14.4. The van der Waals surface area contributed by atoms with Crippen LogP contribution in [0, 0.1) is 0 Å². The van der Waals surface area contributed by atoms with Crippen LogP contribution < -0.4 is 4.90 Å². The summed E-state index contributed by atoms with van der Waals surface area (Å²) in [6, 6.07) is 89.1. The van der Waals surface area contributed by atoms with Crippen molar-refractivity contribution in [1.29, 1.82) is 0 Å². The summed E-state index contributed by atoms with van der Waals surface area (Å²) in [6.45, 7) is 0. The molecule has 0 aliphatic rings. The summed E-state index contributed by atoms with van der Waals surface area (Å²) in [5, 5.41) is 10.1. The van der Waals surface area contributed by atoms with Gasteiger partial charge < -0.3 is 9.47 Å². The van der Waals surface area contributed by atoms with Crippen molar-refractivity contribution >= 4 is 91.9 Å². The van der Waals surface area contributed by atoms with Crippen molar-refractivity contribution in [2.24, 2.45) is 0 Å². The highest BCUT2D eigenvalue weighted by atomic mass is 32.1. The van der Waals surface area contributed by atoms with E-state index in [1.807, 2.05) is 11.3 Å². The van der Waals surface area contributed by atoms with Gasteiger partial charge in [-0.15, -0.1) is 11.3 Å². The number of thiophene rings is 1. The summed E-state index contributed by atoms with van der Waals surface area (Å²) in [5.74, 6) is 0. The van der Waals surface area contributed by atoms with Crippen LogP contribution in [0.3, 0.4) is 0 Å². The summed E-state index contributed by atoms with van der Waals surface area (Å²) in [7, 11) is 0. The standard InChI is InChI=1S/C62H40N2S/c1-2-16-41(17-3-1)49-37-34-44(57-38-43-18-4-5-21-48(43)51-22-6-7-23-52(51)57)39-60(49)63(45-35-32-42(33-36-45)50-27-15-28-56-55-26-10-13-31-61(55)65-62(50)56)46-19-14-20-47(40-46)64-58-29-11-8-24-53(58)54-25-9-12-30-59(54)64/h1-40H. The van der Waals surface area contributed by atoms with Gasteiger partial charge in [0.15, 0.2) is 0 Å². The van der Waals surface area contributed by atoms with Gasteiger partial charge in [-0.1, -0.05) is 182 Å². The number of para-hydroxylation sites is 2.